The third kappa shape index (κ3) is 3.16. The van der Waals surface area contributed by atoms with Crippen LogP contribution in [0.5, 0.6) is 0 Å². The zero-order valence-electron chi connectivity index (χ0n) is 14.2. The Labute approximate surface area is 157 Å². The van der Waals surface area contributed by atoms with Gasteiger partial charge in [0.2, 0.25) is 15.8 Å². The van der Waals surface area contributed by atoms with Crippen molar-refractivity contribution in [3.8, 4) is 11.5 Å². The molecule has 1 fully saturated rings. The van der Waals surface area contributed by atoms with Gasteiger partial charge in [-0.3, -0.25) is 4.98 Å². The molecule has 4 rings (SSSR count). The Hall–Kier alpha value is -2.79. The molecule has 3 heterocycles. The molecule has 28 heavy (non-hydrogen) atoms. The number of rotatable bonds is 4. The van der Waals surface area contributed by atoms with Gasteiger partial charge in [0.1, 0.15) is 0 Å². The van der Waals surface area contributed by atoms with Crippen LogP contribution in [0.2, 0.25) is 0 Å². The monoisotopic (exact) mass is 410 g/mol. The molecule has 2 aromatic heterocycles. The number of sulfonamides is 1. The Balaban J connectivity index is 1.59. The maximum absolute atomic E-state index is 15.4. The molecule has 7 nitrogen and oxygen atoms in total. The van der Waals surface area contributed by atoms with Gasteiger partial charge in [0, 0.05) is 30.9 Å². The fourth-order valence-electron chi connectivity index (χ4n) is 2.93. The molecule has 0 bridgehead atoms. The van der Waals surface area contributed by atoms with E-state index in [1.165, 1.54) is 12.4 Å². The van der Waals surface area contributed by atoms with E-state index in [1.54, 1.807) is 12.1 Å². The fraction of sp³-hybridized carbons (Fsp3) is 0.235. The lowest BCUT2D eigenvalue weighted by atomic mass is 10.1. The molecule has 1 aliphatic rings. The van der Waals surface area contributed by atoms with Gasteiger partial charge < -0.3 is 4.52 Å². The van der Waals surface area contributed by atoms with Crippen LogP contribution in [0.4, 0.5) is 13.2 Å². The van der Waals surface area contributed by atoms with Crippen molar-refractivity contribution in [3.05, 3.63) is 60.2 Å². The highest BCUT2D eigenvalue weighted by Gasteiger charge is 2.48. The molecule has 1 saturated heterocycles. The van der Waals surface area contributed by atoms with E-state index in [9.17, 15) is 17.2 Å². The standard InChI is InChI=1S/C17H13F3N4O3S/c18-13-2-1-12(9-14(13)19)28(25,26)24-8-5-17(20,10-24)16-22-15(27-23-16)11-3-6-21-7-4-11/h1-4,6-7,9H,5,8,10H2. The average Bonchev–Trinajstić information content (AvgIpc) is 3.33. The summed E-state index contributed by atoms with van der Waals surface area (Å²) in [5.41, 5.74) is -1.62. The summed E-state index contributed by atoms with van der Waals surface area (Å²) in [6, 6.07) is 5.43. The van der Waals surface area contributed by atoms with Gasteiger partial charge >= 0.3 is 0 Å². The second-order valence-electron chi connectivity index (χ2n) is 6.29. The minimum Gasteiger partial charge on any atom is -0.334 e. The average molecular weight is 410 g/mol. The lowest BCUT2D eigenvalue weighted by Crippen LogP contribution is -2.33. The quantitative estimate of drug-likeness (QED) is 0.657. The first-order valence-electron chi connectivity index (χ1n) is 8.18. The van der Waals surface area contributed by atoms with Gasteiger partial charge in [0.05, 0.1) is 11.4 Å². The first-order valence-corrected chi connectivity index (χ1v) is 9.62. The molecule has 0 N–H and O–H groups in total. The zero-order chi connectivity index (χ0) is 19.9. The molecular weight excluding hydrogens is 397 g/mol. The van der Waals surface area contributed by atoms with Crippen molar-refractivity contribution in [2.24, 2.45) is 0 Å². The van der Waals surface area contributed by atoms with Gasteiger partial charge in [-0.25, -0.2) is 21.6 Å². The van der Waals surface area contributed by atoms with Crippen molar-refractivity contribution in [2.75, 3.05) is 13.1 Å². The Morgan fingerprint density at radius 2 is 1.86 bits per heavy atom. The highest BCUT2D eigenvalue weighted by molar-refractivity contribution is 7.89. The first-order chi connectivity index (χ1) is 13.3. The molecule has 1 unspecified atom stereocenters. The summed E-state index contributed by atoms with van der Waals surface area (Å²) in [5, 5.41) is 3.65. The Morgan fingerprint density at radius 1 is 1.11 bits per heavy atom. The van der Waals surface area contributed by atoms with Crippen molar-refractivity contribution >= 4 is 10.0 Å². The summed E-state index contributed by atoms with van der Waals surface area (Å²) in [6.45, 7) is -0.736. The van der Waals surface area contributed by atoms with E-state index in [2.05, 4.69) is 15.1 Å². The second-order valence-corrected chi connectivity index (χ2v) is 8.23. The molecule has 146 valence electrons. The number of aromatic nitrogens is 3. The Bertz CT molecular complexity index is 1120. The minimum absolute atomic E-state index is 0.0799. The van der Waals surface area contributed by atoms with Crippen LogP contribution >= 0.6 is 0 Å². The van der Waals surface area contributed by atoms with Crippen LogP contribution in [0.25, 0.3) is 11.5 Å². The van der Waals surface area contributed by atoms with Crippen LogP contribution in [-0.4, -0.2) is 40.9 Å². The van der Waals surface area contributed by atoms with Gasteiger partial charge in [-0.2, -0.15) is 9.29 Å². The predicted octanol–water partition coefficient (Wildman–Crippen LogP) is 2.67. The van der Waals surface area contributed by atoms with Crippen LogP contribution < -0.4 is 0 Å². The summed E-state index contributed by atoms with van der Waals surface area (Å²) < 4.78 is 73.1. The number of halogens is 3. The van der Waals surface area contributed by atoms with E-state index in [0.29, 0.717) is 17.7 Å². The molecule has 1 atom stereocenters. The fourth-order valence-corrected chi connectivity index (χ4v) is 4.43. The van der Waals surface area contributed by atoms with Crippen molar-refractivity contribution in [1.29, 1.82) is 0 Å². The van der Waals surface area contributed by atoms with Gasteiger partial charge in [-0.05, 0) is 30.3 Å². The van der Waals surface area contributed by atoms with E-state index >= 15 is 4.39 Å². The molecule has 0 saturated carbocycles. The summed E-state index contributed by atoms with van der Waals surface area (Å²) in [4.78, 5) is 7.44. The van der Waals surface area contributed by atoms with E-state index in [4.69, 9.17) is 4.52 Å². The number of benzene rings is 1. The smallest absolute Gasteiger partial charge is 0.258 e. The minimum atomic E-state index is -4.21. The van der Waals surface area contributed by atoms with Crippen molar-refractivity contribution in [1.82, 2.24) is 19.4 Å². The van der Waals surface area contributed by atoms with Crippen LogP contribution in [0.3, 0.4) is 0 Å². The normalized spacial score (nSPS) is 20.5. The first kappa shape index (κ1) is 18.6. The number of hydrogen-bond acceptors (Lipinski definition) is 6. The summed E-state index contributed by atoms with van der Waals surface area (Å²) in [5.74, 6) is -2.67. The van der Waals surface area contributed by atoms with E-state index < -0.39 is 38.8 Å². The van der Waals surface area contributed by atoms with Crippen molar-refractivity contribution < 1.29 is 26.1 Å². The van der Waals surface area contributed by atoms with Crippen LogP contribution in [0, 0.1) is 11.6 Å². The topological polar surface area (TPSA) is 89.2 Å². The lowest BCUT2D eigenvalue weighted by molar-refractivity contribution is 0.164. The zero-order valence-corrected chi connectivity index (χ0v) is 15.0. The van der Waals surface area contributed by atoms with E-state index in [-0.39, 0.29) is 24.7 Å². The summed E-state index contributed by atoms with van der Waals surface area (Å²) in [7, 11) is -4.21. The molecule has 1 aromatic carbocycles. The van der Waals surface area contributed by atoms with Crippen molar-refractivity contribution in [3.63, 3.8) is 0 Å². The van der Waals surface area contributed by atoms with Crippen LogP contribution in [0.15, 0.2) is 52.1 Å². The maximum atomic E-state index is 15.4. The van der Waals surface area contributed by atoms with Gasteiger partial charge in [0.25, 0.3) is 5.89 Å². The van der Waals surface area contributed by atoms with Crippen LogP contribution in [-0.2, 0) is 15.7 Å². The van der Waals surface area contributed by atoms with Gasteiger partial charge in [0.15, 0.2) is 17.3 Å². The predicted molar refractivity (Wildman–Crippen MR) is 90.0 cm³/mol. The van der Waals surface area contributed by atoms with E-state index in [0.717, 1.165) is 10.4 Å². The number of nitrogens with zero attached hydrogens (tertiary/aromatic N) is 4. The number of hydrogen-bond donors (Lipinski definition) is 0. The van der Waals surface area contributed by atoms with Gasteiger partial charge in [-0.15, -0.1) is 0 Å². The van der Waals surface area contributed by atoms with Gasteiger partial charge in [-0.1, -0.05) is 5.16 Å². The molecule has 1 aliphatic heterocycles. The Kier molecular flexibility index (Phi) is 4.42. The molecule has 3 aromatic rings. The highest BCUT2D eigenvalue weighted by Crippen LogP contribution is 2.37. The molecule has 0 amide bonds. The molecule has 11 heteroatoms. The number of alkyl halides is 1. The third-order valence-electron chi connectivity index (χ3n) is 4.47. The van der Waals surface area contributed by atoms with E-state index in [1.807, 2.05) is 0 Å². The second kappa shape index (κ2) is 6.67. The van der Waals surface area contributed by atoms with Crippen LogP contribution in [0.1, 0.15) is 12.2 Å². The Morgan fingerprint density at radius 3 is 2.57 bits per heavy atom. The SMILES string of the molecule is O=S(=O)(c1ccc(F)c(F)c1)N1CCC(F)(c2noc(-c3ccncc3)n2)C1. The summed E-state index contributed by atoms with van der Waals surface area (Å²) >= 11 is 0. The largest absolute Gasteiger partial charge is 0.334 e. The maximum Gasteiger partial charge on any atom is 0.258 e. The molecule has 0 spiro atoms. The number of pyridine rings is 1. The van der Waals surface area contributed by atoms with Crippen molar-refractivity contribution in [2.45, 2.75) is 17.0 Å². The molecule has 0 radical (unpaired) electrons. The molecule has 0 aliphatic carbocycles. The highest BCUT2D eigenvalue weighted by atomic mass is 32.2. The lowest BCUT2D eigenvalue weighted by Gasteiger charge is -2.18. The summed E-state index contributed by atoms with van der Waals surface area (Å²) in [6.07, 6.45) is 2.82. The third-order valence-corrected chi connectivity index (χ3v) is 6.31. The molecular formula is C17H13F3N4O3S.